The highest BCUT2D eigenvalue weighted by Gasteiger charge is 2.71. The zero-order chi connectivity index (χ0) is 12.9. The van der Waals surface area contributed by atoms with Gasteiger partial charge in [0.25, 0.3) is 0 Å². The van der Waals surface area contributed by atoms with E-state index in [0.717, 1.165) is 12.8 Å². The molecule has 1 heteroatoms. The number of carbonyl (C=O) groups excluding carboxylic acids is 1. The predicted molar refractivity (Wildman–Crippen MR) is 75.0 cm³/mol. The first-order valence-electron chi connectivity index (χ1n) is 6.97. The van der Waals surface area contributed by atoms with Crippen LogP contribution in [0.5, 0.6) is 0 Å². The van der Waals surface area contributed by atoms with Crippen LogP contribution in [0.1, 0.15) is 29.9 Å². The van der Waals surface area contributed by atoms with Gasteiger partial charge in [-0.05, 0) is 17.5 Å². The third-order valence-electron chi connectivity index (χ3n) is 4.94. The van der Waals surface area contributed by atoms with E-state index in [0.29, 0.717) is 11.7 Å². The summed E-state index contributed by atoms with van der Waals surface area (Å²) < 4.78 is 0. The van der Waals surface area contributed by atoms with Crippen molar-refractivity contribution in [2.45, 2.75) is 24.2 Å². The molecule has 19 heavy (non-hydrogen) atoms. The van der Waals surface area contributed by atoms with Gasteiger partial charge < -0.3 is 0 Å². The fraction of sp³-hybridized carbons (Fsp3) is 0.278. The van der Waals surface area contributed by atoms with Gasteiger partial charge in [-0.1, -0.05) is 60.7 Å². The molecule has 0 amide bonds. The number of hydrogen-bond donors (Lipinski definition) is 0. The van der Waals surface area contributed by atoms with Gasteiger partial charge in [0.2, 0.25) is 0 Å². The molecule has 0 radical (unpaired) electrons. The summed E-state index contributed by atoms with van der Waals surface area (Å²) in [5, 5.41) is 0. The van der Waals surface area contributed by atoms with Crippen molar-refractivity contribution in [3.8, 4) is 0 Å². The number of ketones is 1. The van der Waals surface area contributed by atoms with Crippen molar-refractivity contribution in [3.63, 3.8) is 0 Å². The summed E-state index contributed by atoms with van der Waals surface area (Å²) in [6.45, 7) is 0. The summed E-state index contributed by atoms with van der Waals surface area (Å²) >= 11 is 0. The Morgan fingerprint density at radius 2 is 1.47 bits per heavy atom. The minimum absolute atomic E-state index is 0.0969. The van der Waals surface area contributed by atoms with Crippen LogP contribution in [-0.4, -0.2) is 5.78 Å². The van der Waals surface area contributed by atoms with E-state index in [9.17, 15) is 4.79 Å². The number of hydrogen-bond acceptors (Lipinski definition) is 1. The van der Waals surface area contributed by atoms with Crippen LogP contribution < -0.4 is 0 Å². The van der Waals surface area contributed by atoms with E-state index in [2.05, 4.69) is 48.5 Å². The van der Waals surface area contributed by atoms with Gasteiger partial charge in [0.05, 0.1) is 0 Å². The molecule has 0 N–H and O–H groups in total. The first-order chi connectivity index (χ1) is 9.34. The molecular weight excluding hydrogens is 232 g/mol. The molecule has 0 bridgehead atoms. The maximum Gasteiger partial charge on any atom is 0.137 e. The van der Waals surface area contributed by atoms with E-state index < -0.39 is 0 Å². The van der Waals surface area contributed by atoms with Crippen molar-refractivity contribution < 1.29 is 4.79 Å². The molecule has 0 heterocycles. The Bertz CT molecular complexity index is 617. The van der Waals surface area contributed by atoms with Crippen LogP contribution in [0.3, 0.4) is 0 Å². The maximum absolute atomic E-state index is 12.2. The molecule has 0 spiro atoms. The molecule has 2 aromatic carbocycles. The molecule has 0 saturated heterocycles. The number of benzene rings is 2. The van der Waals surface area contributed by atoms with Crippen molar-refractivity contribution in [2.75, 3.05) is 0 Å². The normalized spacial score (nSPS) is 32.1. The molecule has 0 unspecified atom stereocenters. The lowest BCUT2D eigenvalue weighted by atomic mass is 9.88. The van der Waals surface area contributed by atoms with Crippen molar-refractivity contribution >= 4 is 5.78 Å². The summed E-state index contributed by atoms with van der Waals surface area (Å²) in [5.74, 6) is 1.08. The third kappa shape index (κ3) is 1.39. The van der Waals surface area contributed by atoms with Crippen LogP contribution in [0.2, 0.25) is 0 Å². The summed E-state index contributed by atoms with van der Waals surface area (Å²) in [7, 11) is 0. The SMILES string of the molecule is O=C1CC[C@]2(c3ccccc3)[C@H]1[C@H]2c1ccccc1. The number of Topliss-reactive ketones (excluding diaryl/α,β-unsaturated/α-hetero) is 1. The van der Waals surface area contributed by atoms with Crippen molar-refractivity contribution in [2.24, 2.45) is 5.92 Å². The molecule has 4 rings (SSSR count). The van der Waals surface area contributed by atoms with Gasteiger partial charge in [0.1, 0.15) is 5.78 Å². The smallest absolute Gasteiger partial charge is 0.137 e. The second-order valence-corrected chi connectivity index (χ2v) is 5.74. The Labute approximate surface area is 113 Å². The summed E-state index contributed by atoms with van der Waals surface area (Å²) in [5.41, 5.74) is 2.77. The third-order valence-corrected chi connectivity index (χ3v) is 4.94. The van der Waals surface area contributed by atoms with Crippen molar-refractivity contribution in [1.29, 1.82) is 0 Å². The number of carbonyl (C=O) groups is 1. The summed E-state index contributed by atoms with van der Waals surface area (Å²) in [6, 6.07) is 21.1. The lowest BCUT2D eigenvalue weighted by molar-refractivity contribution is -0.119. The molecule has 2 fully saturated rings. The molecule has 2 aromatic rings. The lowest BCUT2D eigenvalue weighted by Crippen LogP contribution is -2.08. The van der Waals surface area contributed by atoms with Gasteiger partial charge in [0.15, 0.2) is 0 Å². The largest absolute Gasteiger partial charge is 0.299 e. The van der Waals surface area contributed by atoms with Gasteiger partial charge in [0, 0.05) is 23.7 Å². The number of fused-ring (bicyclic) bond motifs is 1. The van der Waals surface area contributed by atoms with Crippen LogP contribution in [-0.2, 0) is 10.2 Å². The standard InChI is InChI=1S/C18H16O/c19-15-11-12-18(14-9-5-2-6-10-14)16(17(15)18)13-7-3-1-4-8-13/h1-10,16-17H,11-12H2/t16-,17-,18-/m1/s1. The van der Waals surface area contributed by atoms with Crippen molar-refractivity contribution in [1.82, 2.24) is 0 Å². The van der Waals surface area contributed by atoms with Gasteiger partial charge in [-0.3, -0.25) is 4.79 Å². The monoisotopic (exact) mass is 248 g/mol. The minimum atomic E-state index is 0.0969. The first-order valence-corrected chi connectivity index (χ1v) is 6.97. The van der Waals surface area contributed by atoms with E-state index in [1.54, 1.807) is 0 Å². The highest BCUT2D eigenvalue weighted by molar-refractivity contribution is 5.92. The summed E-state index contributed by atoms with van der Waals surface area (Å²) in [6.07, 6.45) is 1.77. The average Bonchev–Trinajstić information content (AvgIpc) is 3.06. The lowest BCUT2D eigenvalue weighted by Gasteiger charge is -2.15. The minimum Gasteiger partial charge on any atom is -0.299 e. The Balaban J connectivity index is 1.81. The zero-order valence-corrected chi connectivity index (χ0v) is 10.8. The van der Waals surface area contributed by atoms with Gasteiger partial charge in [-0.15, -0.1) is 0 Å². The Hall–Kier alpha value is -1.89. The Kier molecular flexibility index (Phi) is 2.20. The molecule has 2 saturated carbocycles. The second kappa shape index (κ2) is 3.80. The second-order valence-electron chi connectivity index (χ2n) is 5.74. The van der Waals surface area contributed by atoms with Crippen LogP contribution in [0.4, 0.5) is 0 Å². The fourth-order valence-electron chi connectivity index (χ4n) is 4.11. The topological polar surface area (TPSA) is 17.1 Å². The van der Waals surface area contributed by atoms with E-state index in [-0.39, 0.29) is 11.3 Å². The zero-order valence-electron chi connectivity index (χ0n) is 10.8. The Morgan fingerprint density at radius 1 is 0.842 bits per heavy atom. The van der Waals surface area contributed by atoms with E-state index in [1.807, 2.05) is 12.1 Å². The molecule has 0 aromatic heterocycles. The van der Waals surface area contributed by atoms with Crippen LogP contribution >= 0.6 is 0 Å². The highest BCUT2D eigenvalue weighted by atomic mass is 16.1. The van der Waals surface area contributed by atoms with E-state index in [1.165, 1.54) is 11.1 Å². The van der Waals surface area contributed by atoms with Gasteiger partial charge >= 0.3 is 0 Å². The van der Waals surface area contributed by atoms with Crippen LogP contribution in [0, 0.1) is 5.92 Å². The first kappa shape index (κ1) is 11.0. The van der Waals surface area contributed by atoms with Crippen LogP contribution in [0.15, 0.2) is 60.7 Å². The van der Waals surface area contributed by atoms with E-state index in [4.69, 9.17) is 0 Å². The molecule has 3 atom stereocenters. The average molecular weight is 248 g/mol. The molecule has 94 valence electrons. The van der Waals surface area contributed by atoms with Crippen molar-refractivity contribution in [3.05, 3.63) is 71.8 Å². The molecule has 0 aliphatic heterocycles. The molecule has 2 aliphatic carbocycles. The maximum atomic E-state index is 12.2. The Morgan fingerprint density at radius 3 is 2.16 bits per heavy atom. The van der Waals surface area contributed by atoms with Crippen LogP contribution in [0.25, 0.3) is 0 Å². The van der Waals surface area contributed by atoms with Gasteiger partial charge in [-0.2, -0.15) is 0 Å². The molecular formula is C18H16O. The number of rotatable bonds is 2. The quantitative estimate of drug-likeness (QED) is 0.792. The summed E-state index contributed by atoms with van der Waals surface area (Å²) in [4.78, 5) is 12.2. The fourth-order valence-corrected chi connectivity index (χ4v) is 4.11. The molecule has 2 aliphatic rings. The predicted octanol–water partition coefficient (Wildman–Crippen LogP) is 3.70. The van der Waals surface area contributed by atoms with E-state index >= 15 is 0 Å². The highest BCUT2D eigenvalue weighted by Crippen LogP contribution is 2.72. The van der Waals surface area contributed by atoms with Gasteiger partial charge in [-0.25, -0.2) is 0 Å². The molecule has 1 nitrogen and oxygen atoms in total.